The number of hydroxylamine groups is 3. The van der Waals surface area contributed by atoms with Gasteiger partial charge in [0.1, 0.15) is 19.6 Å². The molecule has 1 N–H and O–H groups in total. The molecule has 0 saturated heterocycles. The predicted octanol–water partition coefficient (Wildman–Crippen LogP) is -1.25. The van der Waals surface area contributed by atoms with Gasteiger partial charge in [0.15, 0.2) is 0 Å². The number of carbonyl (C=O) groups excluding carboxylic acids is 1. The monoisotopic (exact) mass is 295 g/mol. The third-order valence-electron chi connectivity index (χ3n) is 2.48. The zero-order valence-corrected chi connectivity index (χ0v) is 11.9. The molecule has 0 heterocycles. The molecular weight excluding hydrogens is 274 g/mol. The molecule has 0 bridgehead atoms. The van der Waals surface area contributed by atoms with E-state index in [1.165, 1.54) is 0 Å². The molecule has 0 aliphatic heterocycles. The first kappa shape index (κ1) is 18.0. The van der Waals surface area contributed by atoms with Crippen molar-refractivity contribution in [3.8, 4) is 0 Å². The molecule has 4 nitrogen and oxygen atoms in total. The Hall–Kier alpha value is -0.390. The van der Waals surface area contributed by atoms with E-state index in [9.17, 15) is 10.0 Å². The SMILES string of the molecule is C=C(C)C(=O)OCCC[N+](O)(CC)CC.[Br-]. The van der Waals surface area contributed by atoms with Crippen molar-refractivity contribution in [1.82, 2.24) is 0 Å². The second-order valence-corrected chi connectivity index (χ2v) is 3.72. The minimum Gasteiger partial charge on any atom is -1.00 e. The highest BCUT2D eigenvalue weighted by molar-refractivity contribution is 5.86. The number of carbonyl (C=O) groups is 1. The Bertz CT molecular complexity index is 227. The zero-order chi connectivity index (χ0) is 11.9. The highest BCUT2D eigenvalue weighted by atomic mass is 79.9. The Morgan fingerprint density at radius 3 is 2.25 bits per heavy atom. The van der Waals surface area contributed by atoms with Crippen LogP contribution in [-0.2, 0) is 9.53 Å². The summed E-state index contributed by atoms with van der Waals surface area (Å²) in [4.78, 5) is 11.0. The van der Waals surface area contributed by atoms with E-state index in [-0.39, 0.29) is 27.6 Å². The molecule has 0 fully saturated rings. The molecule has 0 aromatic carbocycles. The molecule has 0 unspecified atom stereocenters. The lowest BCUT2D eigenvalue weighted by Gasteiger charge is -2.27. The predicted molar refractivity (Wildman–Crippen MR) is 58.4 cm³/mol. The third kappa shape index (κ3) is 6.98. The standard InChI is InChI=1S/C11H22NO3.BrH/c1-5-12(14,6-2)8-7-9-15-11(13)10(3)4;/h14H,3,5-9H2,1-2,4H3;1H/q+1;/p-1. The van der Waals surface area contributed by atoms with Crippen molar-refractivity contribution in [2.45, 2.75) is 27.2 Å². The zero-order valence-electron chi connectivity index (χ0n) is 10.3. The van der Waals surface area contributed by atoms with Crippen LogP contribution in [0.1, 0.15) is 27.2 Å². The van der Waals surface area contributed by atoms with Gasteiger partial charge in [-0.25, -0.2) is 10.0 Å². The number of hydrogen-bond acceptors (Lipinski definition) is 3. The van der Waals surface area contributed by atoms with Gasteiger partial charge in [-0.1, -0.05) is 6.58 Å². The maximum atomic E-state index is 11.0. The van der Waals surface area contributed by atoms with Gasteiger partial charge < -0.3 is 21.7 Å². The van der Waals surface area contributed by atoms with Gasteiger partial charge in [0.05, 0.1) is 6.61 Å². The molecule has 5 heteroatoms. The van der Waals surface area contributed by atoms with Gasteiger partial charge in [-0.3, -0.25) is 0 Å². The van der Waals surface area contributed by atoms with Crippen LogP contribution in [0.2, 0.25) is 0 Å². The first-order chi connectivity index (χ1) is 6.95. The maximum Gasteiger partial charge on any atom is 0.333 e. The van der Waals surface area contributed by atoms with E-state index in [0.29, 0.717) is 38.2 Å². The quantitative estimate of drug-likeness (QED) is 0.210. The summed E-state index contributed by atoms with van der Waals surface area (Å²) in [6.07, 6.45) is 0.664. The van der Waals surface area contributed by atoms with Gasteiger partial charge in [-0.2, -0.15) is 4.65 Å². The average molecular weight is 296 g/mol. The van der Waals surface area contributed by atoms with Crippen LogP contribution in [0.3, 0.4) is 0 Å². The normalized spacial score (nSPS) is 10.5. The molecule has 96 valence electrons. The Labute approximate surface area is 108 Å². The van der Waals surface area contributed by atoms with Gasteiger partial charge in [0, 0.05) is 12.0 Å². The summed E-state index contributed by atoms with van der Waals surface area (Å²) in [6.45, 7) is 11.3. The third-order valence-corrected chi connectivity index (χ3v) is 2.48. The van der Waals surface area contributed by atoms with Crippen LogP contribution in [0.5, 0.6) is 0 Å². The number of ether oxygens (including phenoxy) is 1. The van der Waals surface area contributed by atoms with Crippen molar-refractivity contribution >= 4 is 5.97 Å². The van der Waals surface area contributed by atoms with Crippen molar-refractivity contribution in [3.63, 3.8) is 0 Å². The second-order valence-electron chi connectivity index (χ2n) is 3.72. The Morgan fingerprint density at radius 1 is 1.38 bits per heavy atom. The molecule has 0 spiro atoms. The van der Waals surface area contributed by atoms with Crippen LogP contribution < -0.4 is 17.0 Å². The average Bonchev–Trinajstić information content (AvgIpc) is 2.23. The minimum atomic E-state index is -0.362. The Balaban J connectivity index is 0. The molecule has 0 saturated carbocycles. The van der Waals surface area contributed by atoms with Crippen molar-refractivity contribution < 1.29 is 36.4 Å². The number of quaternary nitrogens is 1. The van der Waals surface area contributed by atoms with Crippen molar-refractivity contribution in [3.05, 3.63) is 12.2 Å². The fraction of sp³-hybridized carbons (Fsp3) is 0.727. The summed E-state index contributed by atoms with van der Waals surface area (Å²) in [7, 11) is 0. The lowest BCUT2D eigenvalue weighted by Crippen LogP contribution is -3.00. The van der Waals surface area contributed by atoms with E-state index >= 15 is 0 Å². The summed E-state index contributed by atoms with van der Waals surface area (Å²) in [6, 6.07) is 0. The molecule has 0 aliphatic carbocycles. The Morgan fingerprint density at radius 2 is 1.88 bits per heavy atom. The first-order valence-corrected chi connectivity index (χ1v) is 5.36. The molecule has 0 aliphatic rings. The number of esters is 1. The van der Waals surface area contributed by atoms with Gasteiger partial charge in [0.2, 0.25) is 0 Å². The van der Waals surface area contributed by atoms with E-state index in [1.807, 2.05) is 13.8 Å². The van der Waals surface area contributed by atoms with Crippen LogP contribution >= 0.6 is 0 Å². The van der Waals surface area contributed by atoms with Gasteiger partial charge in [0.25, 0.3) is 0 Å². The molecule has 0 atom stereocenters. The summed E-state index contributed by atoms with van der Waals surface area (Å²) < 4.78 is 4.96. The fourth-order valence-corrected chi connectivity index (χ4v) is 1.19. The van der Waals surface area contributed by atoms with E-state index in [4.69, 9.17) is 4.74 Å². The van der Waals surface area contributed by atoms with Crippen LogP contribution in [0, 0.1) is 0 Å². The number of nitrogens with zero attached hydrogens (tertiary/aromatic N) is 1. The number of hydrogen-bond donors (Lipinski definition) is 1. The van der Waals surface area contributed by atoms with E-state index in [2.05, 4.69) is 6.58 Å². The van der Waals surface area contributed by atoms with E-state index in [1.54, 1.807) is 6.92 Å². The number of rotatable bonds is 7. The smallest absolute Gasteiger partial charge is 0.333 e. The van der Waals surface area contributed by atoms with Gasteiger partial charge in [-0.15, -0.1) is 0 Å². The molecule has 0 rings (SSSR count). The van der Waals surface area contributed by atoms with Gasteiger partial charge in [-0.05, 0) is 20.8 Å². The Kier molecular flexibility index (Phi) is 9.81. The summed E-state index contributed by atoms with van der Waals surface area (Å²) in [5.41, 5.74) is 0.408. The lowest BCUT2D eigenvalue weighted by molar-refractivity contribution is -1.10. The largest absolute Gasteiger partial charge is 1.00 e. The summed E-state index contributed by atoms with van der Waals surface area (Å²) >= 11 is 0. The molecule has 0 radical (unpaired) electrons. The van der Waals surface area contributed by atoms with Crippen molar-refractivity contribution in [1.29, 1.82) is 0 Å². The second kappa shape index (κ2) is 8.73. The summed E-state index contributed by atoms with van der Waals surface area (Å²) in [5, 5.41) is 9.88. The molecule has 0 amide bonds. The highest BCUT2D eigenvalue weighted by Crippen LogP contribution is 2.03. The first-order valence-electron chi connectivity index (χ1n) is 5.36. The highest BCUT2D eigenvalue weighted by Gasteiger charge is 2.19. The van der Waals surface area contributed by atoms with Crippen LogP contribution in [-0.4, -0.2) is 42.1 Å². The molecule has 0 aromatic heterocycles. The van der Waals surface area contributed by atoms with Crippen LogP contribution in [0.15, 0.2) is 12.2 Å². The van der Waals surface area contributed by atoms with Gasteiger partial charge >= 0.3 is 5.97 Å². The molecule has 0 aromatic rings. The molecular formula is C11H22BrNO3. The topological polar surface area (TPSA) is 46.5 Å². The van der Waals surface area contributed by atoms with Crippen molar-refractivity contribution in [2.24, 2.45) is 0 Å². The van der Waals surface area contributed by atoms with E-state index < -0.39 is 0 Å². The summed E-state index contributed by atoms with van der Waals surface area (Å²) in [5.74, 6) is -0.362. The van der Waals surface area contributed by atoms with Crippen LogP contribution in [0.4, 0.5) is 0 Å². The lowest BCUT2D eigenvalue weighted by atomic mass is 10.3. The fourth-order valence-electron chi connectivity index (χ4n) is 1.19. The molecule has 16 heavy (non-hydrogen) atoms. The minimum absolute atomic E-state index is 0. The number of halogens is 1. The van der Waals surface area contributed by atoms with Crippen LogP contribution in [0.25, 0.3) is 0 Å². The maximum absolute atomic E-state index is 11.0. The van der Waals surface area contributed by atoms with Crippen molar-refractivity contribution in [2.75, 3.05) is 26.2 Å². The van der Waals surface area contributed by atoms with E-state index in [0.717, 1.165) is 0 Å².